The van der Waals surface area contributed by atoms with E-state index < -0.39 is 6.10 Å². The molecule has 3 aromatic carbocycles. The lowest BCUT2D eigenvalue weighted by Crippen LogP contribution is -2.22. The predicted molar refractivity (Wildman–Crippen MR) is 148 cm³/mol. The summed E-state index contributed by atoms with van der Waals surface area (Å²) >= 11 is 0. The average Bonchev–Trinajstić information content (AvgIpc) is 2.92. The van der Waals surface area contributed by atoms with Crippen molar-refractivity contribution in [3.63, 3.8) is 0 Å². The Morgan fingerprint density at radius 2 is 1.51 bits per heavy atom. The smallest absolute Gasteiger partial charge is 0.121 e. The lowest BCUT2D eigenvalue weighted by atomic mass is 10.0. The molecule has 0 radical (unpaired) electrons. The minimum absolute atomic E-state index is 0.0452. The van der Waals surface area contributed by atoms with Crippen molar-refractivity contribution in [1.82, 2.24) is 5.32 Å². The zero-order chi connectivity index (χ0) is 26.3. The number of ether oxygens (including phenoxy) is 1. The lowest BCUT2D eigenvalue weighted by Gasteiger charge is -2.14. The summed E-state index contributed by atoms with van der Waals surface area (Å²) in [4.78, 5) is 0. The van der Waals surface area contributed by atoms with Gasteiger partial charge >= 0.3 is 0 Å². The van der Waals surface area contributed by atoms with E-state index in [9.17, 15) is 20.4 Å². The number of aromatic hydroxyl groups is 2. The van der Waals surface area contributed by atoms with E-state index in [2.05, 4.69) is 29.6 Å². The molecule has 0 aliphatic rings. The first-order valence-electron chi connectivity index (χ1n) is 13.3. The van der Waals surface area contributed by atoms with Crippen LogP contribution in [0.3, 0.4) is 0 Å². The van der Waals surface area contributed by atoms with Crippen molar-refractivity contribution in [2.75, 3.05) is 26.3 Å². The molecule has 0 aromatic heterocycles. The van der Waals surface area contributed by atoms with Crippen molar-refractivity contribution in [1.29, 1.82) is 0 Å². The Hall–Kier alpha value is -2.90. The SMILES string of the molecule is OCc1cc([C@@H](O)CNCCCCCCOCCCCc2cccc(-c3ccc(O)cc3)c2)ccc1O. The number of unbranched alkanes of at least 4 members (excludes halogenated alkanes) is 4. The minimum atomic E-state index is -0.664. The molecule has 0 aliphatic carbocycles. The lowest BCUT2D eigenvalue weighted by molar-refractivity contribution is 0.126. The number of rotatable bonds is 17. The highest BCUT2D eigenvalue weighted by atomic mass is 16.5. The molecule has 0 aliphatic heterocycles. The zero-order valence-electron chi connectivity index (χ0n) is 21.6. The number of benzene rings is 3. The van der Waals surface area contributed by atoms with Gasteiger partial charge in [-0.1, -0.05) is 55.3 Å². The van der Waals surface area contributed by atoms with Gasteiger partial charge in [-0.3, -0.25) is 0 Å². The Morgan fingerprint density at radius 1 is 0.757 bits per heavy atom. The molecular weight excluding hydrogens is 466 g/mol. The van der Waals surface area contributed by atoms with Crippen molar-refractivity contribution in [3.8, 4) is 22.6 Å². The summed E-state index contributed by atoms with van der Waals surface area (Å²) in [5.41, 5.74) is 4.73. The molecule has 200 valence electrons. The minimum Gasteiger partial charge on any atom is -0.508 e. The third kappa shape index (κ3) is 10.2. The van der Waals surface area contributed by atoms with Crippen LogP contribution in [0.4, 0.5) is 0 Å². The predicted octanol–water partition coefficient (Wildman–Crippen LogP) is 5.48. The van der Waals surface area contributed by atoms with E-state index in [1.54, 1.807) is 24.3 Å². The van der Waals surface area contributed by atoms with Gasteiger partial charge in [0.25, 0.3) is 0 Å². The first-order chi connectivity index (χ1) is 18.1. The van der Waals surface area contributed by atoms with Crippen LogP contribution in [0.1, 0.15) is 61.3 Å². The van der Waals surface area contributed by atoms with Gasteiger partial charge < -0.3 is 30.5 Å². The average molecular weight is 508 g/mol. The summed E-state index contributed by atoms with van der Waals surface area (Å²) in [7, 11) is 0. The normalized spacial score (nSPS) is 12.1. The van der Waals surface area contributed by atoms with Crippen LogP contribution in [0.25, 0.3) is 11.1 Å². The van der Waals surface area contributed by atoms with E-state index in [1.807, 2.05) is 12.1 Å². The highest BCUT2D eigenvalue weighted by molar-refractivity contribution is 5.64. The quantitative estimate of drug-likeness (QED) is 0.155. The Bertz CT molecular complexity index is 1050. The van der Waals surface area contributed by atoms with E-state index in [-0.39, 0.29) is 18.1 Å². The van der Waals surface area contributed by atoms with Crippen molar-refractivity contribution >= 4 is 0 Å². The molecule has 0 spiro atoms. The van der Waals surface area contributed by atoms with Crippen molar-refractivity contribution < 1.29 is 25.2 Å². The molecule has 0 saturated heterocycles. The number of aliphatic hydroxyl groups excluding tert-OH is 2. The molecule has 37 heavy (non-hydrogen) atoms. The van der Waals surface area contributed by atoms with Crippen LogP contribution in [0.2, 0.25) is 0 Å². The van der Waals surface area contributed by atoms with Crippen LogP contribution in [0, 0.1) is 0 Å². The fraction of sp³-hybridized carbons (Fsp3) is 0.419. The highest BCUT2D eigenvalue weighted by Gasteiger charge is 2.10. The third-order valence-electron chi connectivity index (χ3n) is 6.52. The topological polar surface area (TPSA) is 102 Å². The fourth-order valence-electron chi connectivity index (χ4n) is 4.30. The van der Waals surface area contributed by atoms with Gasteiger partial charge in [0.2, 0.25) is 0 Å². The van der Waals surface area contributed by atoms with Crippen molar-refractivity contribution in [2.24, 2.45) is 0 Å². The Morgan fingerprint density at radius 3 is 2.30 bits per heavy atom. The second-order valence-corrected chi connectivity index (χ2v) is 9.50. The Kier molecular flexibility index (Phi) is 12.4. The Labute approximate surface area is 220 Å². The van der Waals surface area contributed by atoms with Crippen LogP contribution in [0.5, 0.6) is 11.5 Å². The van der Waals surface area contributed by atoms with Crippen molar-refractivity contribution in [3.05, 3.63) is 83.4 Å². The molecule has 0 fully saturated rings. The molecule has 3 rings (SSSR count). The summed E-state index contributed by atoms with van der Waals surface area (Å²) in [6, 6.07) is 20.7. The molecule has 5 N–H and O–H groups in total. The van der Waals surface area contributed by atoms with Gasteiger partial charge in [-0.15, -0.1) is 0 Å². The monoisotopic (exact) mass is 507 g/mol. The molecule has 3 aromatic rings. The van der Waals surface area contributed by atoms with Crippen LogP contribution in [-0.2, 0) is 17.8 Å². The molecule has 6 heteroatoms. The Balaban J connectivity index is 1.16. The highest BCUT2D eigenvalue weighted by Crippen LogP contribution is 2.24. The van der Waals surface area contributed by atoms with Crippen molar-refractivity contribution in [2.45, 2.75) is 57.7 Å². The number of hydrogen-bond acceptors (Lipinski definition) is 6. The molecule has 0 heterocycles. The fourth-order valence-corrected chi connectivity index (χ4v) is 4.30. The number of aryl methyl sites for hydroxylation is 1. The third-order valence-corrected chi connectivity index (χ3v) is 6.52. The summed E-state index contributed by atoms with van der Waals surface area (Å²) in [5.74, 6) is 0.332. The molecule has 0 unspecified atom stereocenters. The number of aliphatic hydroxyl groups is 2. The van der Waals surface area contributed by atoms with Gasteiger partial charge in [0.05, 0.1) is 12.7 Å². The number of nitrogens with one attached hydrogen (secondary N) is 1. The first kappa shape index (κ1) is 28.7. The van der Waals surface area contributed by atoms with E-state index >= 15 is 0 Å². The first-order valence-corrected chi connectivity index (χ1v) is 13.3. The molecule has 0 saturated carbocycles. The standard InChI is InChI=1S/C31H41NO5/c33-23-28-21-27(13-16-30(28)35)31(36)22-32-17-4-1-2-5-18-37-19-6-3-8-24-9-7-10-26(20-24)25-11-14-29(34)15-12-25/h7,9-16,20-21,31-36H,1-6,8,17-19,22-23H2/t31-/m0/s1. The number of phenolic OH excluding ortho intramolecular Hbond substituents is 1. The summed E-state index contributed by atoms with van der Waals surface area (Å²) in [6.07, 6.45) is 6.89. The van der Waals surface area contributed by atoms with E-state index in [0.717, 1.165) is 70.3 Å². The van der Waals surface area contributed by atoms with Crippen LogP contribution in [0.15, 0.2) is 66.7 Å². The maximum atomic E-state index is 10.3. The molecule has 0 amide bonds. The van der Waals surface area contributed by atoms with E-state index in [4.69, 9.17) is 4.74 Å². The number of hydrogen-bond donors (Lipinski definition) is 5. The van der Waals surface area contributed by atoms with Crippen LogP contribution in [-0.4, -0.2) is 46.7 Å². The van der Waals surface area contributed by atoms with Gasteiger partial charge in [0.15, 0.2) is 0 Å². The number of phenols is 2. The van der Waals surface area contributed by atoms with Gasteiger partial charge in [0.1, 0.15) is 11.5 Å². The van der Waals surface area contributed by atoms with Gasteiger partial charge in [-0.05, 0) is 85.2 Å². The maximum Gasteiger partial charge on any atom is 0.121 e. The van der Waals surface area contributed by atoms with E-state index in [1.165, 1.54) is 17.2 Å². The van der Waals surface area contributed by atoms with Crippen LogP contribution < -0.4 is 5.32 Å². The second kappa shape index (κ2) is 16.0. The van der Waals surface area contributed by atoms with Crippen LogP contribution >= 0.6 is 0 Å². The van der Waals surface area contributed by atoms with Gasteiger partial charge in [-0.25, -0.2) is 0 Å². The maximum absolute atomic E-state index is 10.3. The van der Waals surface area contributed by atoms with Gasteiger partial charge in [-0.2, -0.15) is 0 Å². The van der Waals surface area contributed by atoms with E-state index in [0.29, 0.717) is 17.7 Å². The second-order valence-electron chi connectivity index (χ2n) is 9.50. The molecule has 6 nitrogen and oxygen atoms in total. The molecular formula is C31H41NO5. The molecule has 0 bridgehead atoms. The largest absolute Gasteiger partial charge is 0.508 e. The molecule has 1 atom stereocenters. The summed E-state index contributed by atoms with van der Waals surface area (Å²) in [6.45, 7) is 2.64. The van der Waals surface area contributed by atoms with Gasteiger partial charge in [0, 0.05) is 25.3 Å². The zero-order valence-corrected chi connectivity index (χ0v) is 21.6. The summed E-state index contributed by atoms with van der Waals surface area (Å²) < 4.78 is 5.80. The summed E-state index contributed by atoms with van der Waals surface area (Å²) in [5, 5.41) is 41.9.